The smallest absolute Gasteiger partial charge is 0.324 e. The maximum Gasteiger partial charge on any atom is 0.324 e. The van der Waals surface area contributed by atoms with Gasteiger partial charge in [-0.3, -0.25) is 14.6 Å². The molecule has 0 bridgehead atoms. The molecular weight excluding hydrogens is 196 g/mol. The molecule has 6 nitrogen and oxygen atoms in total. The molecular formula is C9H16N4O2. The minimum atomic E-state index is -0.255. The summed E-state index contributed by atoms with van der Waals surface area (Å²) in [5.41, 5.74) is 0. The molecule has 2 fully saturated rings. The van der Waals surface area contributed by atoms with Crippen molar-refractivity contribution in [3.63, 3.8) is 0 Å². The monoisotopic (exact) mass is 212 g/mol. The first-order chi connectivity index (χ1) is 7.27. The standard InChI is InChI=1S/C9H16N4O2/c14-8-7-11-9(15)13(8)6-5-12-3-1-10-2-4-12/h10H,1-7H2,(H,11,15). The maximum absolute atomic E-state index is 11.3. The molecule has 0 spiro atoms. The Labute approximate surface area is 88.6 Å². The number of imide groups is 1. The zero-order chi connectivity index (χ0) is 10.7. The SMILES string of the molecule is O=C1CNC(=O)N1CCN1CCNCC1. The number of rotatable bonds is 3. The van der Waals surface area contributed by atoms with Crippen LogP contribution in [0.2, 0.25) is 0 Å². The van der Waals surface area contributed by atoms with Gasteiger partial charge in [0.1, 0.15) is 0 Å². The maximum atomic E-state index is 11.3. The summed E-state index contributed by atoms with van der Waals surface area (Å²) in [5, 5.41) is 5.77. The molecule has 15 heavy (non-hydrogen) atoms. The van der Waals surface area contributed by atoms with E-state index in [-0.39, 0.29) is 18.5 Å². The third-order valence-electron chi connectivity index (χ3n) is 2.79. The van der Waals surface area contributed by atoms with Crippen molar-refractivity contribution in [2.24, 2.45) is 0 Å². The molecule has 0 radical (unpaired) electrons. The van der Waals surface area contributed by atoms with E-state index >= 15 is 0 Å². The highest BCUT2D eigenvalue weighted by Crippen LogP contribution is 2.00. The number of hydrogen-bond donors (Lipinski definition) is 2. The summed E-state index contributed by atoms with van der Waals surface area (Å²) >= 11 is 0. The van der Waals surface area contributed by atoms with Crippen molar-refractivity contribution in [3.8, 4) is 0 Å². The molecule has 0 atom stereocenters. The van der Waals surface area contributed by atoms with Crippen molar-refractivity contribution < 1.29 is 9.59 Å². The number of urea groups is 1. The van der Waals surface area contributed by atoms with E-state index in [4.69, 9.17) is 0 Å². The van der Waals surface area contributed by atoms with Crippen LogP contribution < -0.4 is 10.6 Å². The Balaban J connectivity index is 1.76. The highest BCUT2D eigenvalue weighted by atomic mass is 16.2. The van der Waals surface area contributed by atoms with Crippen molar-refractivity contribution in [2.45, 2.75) is 0 Å². The van der Waals surface area contributed by atoms with Gasteiger partial charge in [0.05, 0.1) is 6.54 Å². The molecule has 3 amide bonds. The van der Waals surface area contributed by atoms with Crippen molar-refractivity contribution >= 4 is 11.9 Å². The fourth-order valence-electron chi connectivity index (χ4n) is 1.86. The molecule has 6 heteroatoms. The lowest BCUT2D eigenvalue weighted by molar-refractivity contribution is -0.125. The number of hydrogen-bond acceptors (Lipinski definition) is 4. The zero-order valence-corrected chi connectivity index (χ0v) is 8.66. The van der Waals surface area contributed by atoms with Gasteiger partial charge in [-0.05, 0) is 0 Å². The summed E-state index contributed by atoms with van der Waals surface area (Å²) in [6.07, 6.45) is 0. The van der Waals surface area contributed by atoms with Crippen LogP contribution in [0.5, 0.6) is 0 Å². The highest BCUT2D eigenvalue weighted by molar-refractivity contribution is 6.01. The molecule has 0 aromatic rings. The zero-order valence-electron chi connectivity index (χ0n) is 8.66. The second-order valence-electron chi connectivity index (χ2n) is 3.80. The average molecular weight is 212 g/mol. The molecule has 2 N–H and O–H groups in total. The molecule has 2 aliphatic heterocycles. The fourth-order valence-corrected chi connectivity index (χ4v) is 1.86. The van der Waals surface area contributed by atoms with Gasteiger partial charge in [-0.15, -0.1) is 0 Å². The molecule has 0 aromatic carbocycles. The summed E-state index contributed by atoms with van der Waals surface area (Å²) < 4.78 is 0. The fraction of sp³-hybridized carbons (Fsp3) is 0.778. The molecule has 0 aromatic heterocycles. The lowest BCUT2D eigenvalue weighted by Crippen LogP contribution is -2.47. The Kier molecular flexibility index (Phi) is 3.17. The predicted octanol–water partition coefficient (Wildman–Crippen LogP) is -1.56. The van der Waals surface area contributed by atoms with Crippen molar-refractivity contribution in [1.82, 2.24) is 20.4 Å². The predicted molar refractivity (Wildman–Crippen MR) is 54.4 cm³/mol. The Bertz CT molecular complexity index is 247. The van der Waals surface area contributed by atoms with Gasteiger partial charge < -0.3 is 10.6 Å². The summed E-state index contributed by atoms with van der Waals surface area (Å²) in [6.45, 7) is 5.39. The van der Waals surface area contributed by atoms with Gasteiger partial charge in [0.15, 0.2) is 0 Å². The van der Waals surface area contributed by atoms with Gasteiger partial charge in [0.25, 0.3) is 0 Å². The largest absolute Gasteiger partial charge is 0.329 e. The Hall–Kier alpha value is -1.14. The lowest BCUT2D eigenvalue weighted by atomic mass is 10.3. The van der Waals surface area contributed by atoms with E-state index in [9.17, 15) is 9.59 Å². The summed E-state index contributed by atoms with van der Waals surface area (Å²) in [4.78, 5) is 26.0. The van der Waals surface area contributed by atoms with E-state index in [2.05, 4.69) is 15.5 Å². The summed E-state index contributed by atoms with van der Waals surface area (Å²) in [6, 6.07) is -0.255. The van der Waals surface area contributed by atoms with Crippen LogP contribution in [0, 0.1) is 0 Å². The summed E-state index contributed by atoms with van der Waals surface area (Å²) in [5.74, 6) is -0.116. The van der Waals surface area contributed by atoms with E-state index in [1.165, 1.54) is 4.90 Å². The van der Waals surface area contributed by atoms with Gasteiger partial charge >= 0.3 is 6.03 Å². The molecule has 2 saturated heterocycles. The number of carbonyl (C=O) groups is 2. The molecule has 2 rings (SSSR count). The van der Waals surface area contributed by atoms with Crippen LogP contribution in [0.1, 0.15) is 0 Å². The van der Waals surface area contributed by atoms with Gasteiger partial charge in [0, 0.05) is 39.3 Å². The van der Waals surface area contributed by atoms with Gasteiger partial charge in [0.2, 0.25) is 5.91 Å². The average Bonchev–Trinajstić information content (AvgIpc) is 2.58. The van der Waals surface area contributed by atoms with Crippen molar-refractivity contribution in [2.75, 3.05) is 45.8 Å². The first-order valence-electron chi connectivity index (χ1n) is 5.28. The van der Waals surface area contributed by atoms with E-state index in [0.717, 1.165) is 32.7 Å². The van der Waals surface area contributed by atoms with Crippen molar-refractivity contribution in [1.29, 1.82) is 0 Å². The normalized spacial score (nSPS) is 23.3. The molecule has 2 heterocycles. The van der Waals surface area contributed by atoms with Crippen LogP contribution in [0.3, 0.4) is 0 Å². The van der Waals surface area contributed by atoms with E-state index in [0.29, 0.717) is 6.54 Å². The second-order valence-corrected chi connectivity index (χ2v) is 3.80. The molecule has 0 unspecified atom stereocenters. The van der Waals surface area contributed by atoms with Crippen LogP contribution in [0.4, 0.5) is 4.79 Å². The minimum Gasteiger partial charge on any atom is -0.329 e. The number of nitrogens with one attached hydrogen (secondary N) is 2. The molecule has 84 valence electrons. The highest BCUT2D eigenvalue weighted by Gasteiger charge is 2.28. The van der Waals surface area contributed by atoms with E-state index < -0.39 is 0 Å². The third kappa shape index (κ3) is 2.45. The molecule has 2 aliphatic rings. The number of amides is 3. The van der Waals surface area contributed by atoms with Crippen LogP contribution in [-0.2, 0) is 4.79 Å². The van der Waals surface area contributed by atoms with Crippen molar-refractivity contribution in [3.05, 3.63) is 0 Å². The number of nitrogens with zero attached hydrogens (tertiary/aromatic N) is 2. The lowest BCUT2D eigenvalue weighted by Gasteiger charge is -2.28. The second kappa shape index (κ2) is 4.59. The number of carbonyl (C=O) groups excluding carboxylic acids is 2. The van der Waals surface area contributed by atoms with Gasteiger partial charge in [-0.25, -0.2) is 4.79 Å². The van der Waals surface area contributed by atoms with Crippen LogP contribution in [0.15, 0.2) is 0 Å². The summed E-state index contributed by atoms with van der Waals surface area (Å²) in [7, 11) is 0. The number of piperazine rings is 1. The first kappa shape index (κ1) is 10.4. The molecule has 0 saturated carbocycles. The third-order valence-corrected chi connectivity index (χ3v) is 2.79. The van der Waals surface area contributed by atoms with Crippen LogP contribution in [-0.4, -0.2) is 67.6 Å². The van der Waals surface area contributed by atoms with E-state index in [1.807, 2.05) is 0 Å². The Morgan fingerprint density at radius 2 is 1.87 bits per heavy atom. The topological polar surface area (TPSA) is 64.7 Å². The molecule has 0 aliphatic carbocycles. The Morgan fingerprint density at radius 3 is 2.47 bits per heavy atom. The Morgan fingerprint density at radius 1 is 1.13 bits per heavy atom. The minimum absolute atomic E-state index is 0.116. The van der Waals surface area contributed by atoms with Crippen LogP contribution in [0.25, 0.3) is 0 Å². The van der Waals surface area contributed by atoms with Crippen LogP contribution >= 0.6 is 0 Å². The van der Waals surface area contributed by atoms with E-state index in [1.54, 1.807) is 0 Å². The quantitative estimate of drug-likeness (QED) is 0.556. The first-order valence-corrected chi connectivity index (χ1v) is 5.28. The van der Waals surface area contributed by atoms with Gasteiger partial charge in [-0.1, -0.05) is 0 Å². The van der Waals surface area contributed by atoms with Gasteiger partial charge in [-0.2, -0.15) is 0 Å².